The number of nitrogens with one attached hydrogen (secondary N) is 2. The molecule has 0 amide bonds. The average Bonchev–Trinajstić information content (AvgIpc) is 2.26. The lowest BCUT2D eigenvalue weighted by Gasteiger charge is -2.07. The Morgan fingerprint density at radius 1 is 1.67 bits per heavy atom. The van der Waals surface area contributed by atoms with E-state index in [4.69, 9.17) is 11.6 Å². The Balaban J connectivity index is 2.26. The van der Waals surface area contributed by atoms with Gasteiger partial charge in [-0.1, -0.05) is 6.92 Å². The number of hydrogen-bond donors (Lipinski definition) is 2. The van der Waals surface area contributed by atoms with Crippen LogP contribution in [-0.4, -0.2) is 22.4 Å². The molecule has 5 heteroatoms. The molecule has 1 rings (SSSR count). The van der Waals surface area contributed by atoms with Gasteiger partial charge in [0, 0.05) is 24.8 Å². The number of hydrogen-bond acceptors (Lipinski definition) is 3. The Morgan fingerprint density at radius 2 is 2.47 bits per heavy atom. The maximum atomic E-state index is 11.2. The lowest BCUT2D eigenvalue weighted by molar-refractivity contribution is 0.572. The average molecular weight is 230 g/mol. The monoisotopic (exact) mass is 229 g/mol. The van der Waals surface area contributed by atoms with E-state index in [0.717, 1.165) is 19.4 Å². The van der Waals surface area contributed by atoms with E-state index < -0.39 is 0 Å². The Hall–Kier alpha value is -1.03. The van der Waals surface area contributed by atoms with Crippen LogP contribution < -0.4 is 10.9 Å². The highest BCUT2D eigenvalue weighted by molar-refractivity contribution is 6.18. The fourth-order valence-corrected chi connectivity index (χ4v) is 1.37. The number of halogens is 1. The van der Waals surface area contributed by atoms with E-state index in [0.29, 0.717) is 17.6 Å². The predicted octanol–water partition coefficient (Wildman–Crippen LogP) is 1.84. The fraction of sp³-hybridized carbons (Fsp3) is 0.600. The van der Waals surface area contributed by atoms with Gasteiger partial charge in [0.25, 0.3) is 5.56 Å². The summed E-state index contributed by atoms with van der Waals surface area (Å²) in [6.07, 6.45) is 5.12. The minimum absolute atomic E-state index is 0.178. The van der Waals surface area contributed by atoms with E-state index in [-0.39, 0.29) is 5.56 Å². The number of H-pyrrole nitrogens is 1. The van der Waals surface area contributed by atoms with Crippen molar-refractivity contribution < 1.29 is 0 Å². The first-order valence-electron chi connectivity index (χ1n) is 5.07. The van der Waals surface area contributed by atoms with Crippen molar-refractivity contribution >= 4 is 17.4 Å². The molecule has 84 valence electrons. The van der Waals surface area contributed by atoms with Crippen molar-refractivity contribution in [1.82, 2.24) is 9.97 Å². The maximum absolute atomic E-state index is 11.2. The second-order valence-electron chi connectivity index (χ2n) is 3.60. The molecule has 1 aromatic heterocycles. The molecule has 1 atom stereocenters. The first-order chi connectivity index (χ1) is 7.24. The van der Waals surface area contributed by atoms with Gasteiger partial charge in [0.15, 0.2) is 5.82 Å². The van der Waals surface area contributed by atoms with Gasteiger partial charge in [-0.05, 0) is 18.8 Å². The van der Waals surface area contributed by atoms with Gasteiger partial charge in [-0.15, -0.1) is 11.6 Å². The predicted molar refractivity (Wildman–Crippen MR) is 62.5 cm³/mol. The zero-order valence-electron chi connectivity index (χ0n) is 8.79. The summed E-state index contributed by atoms with van der Waals surface area (Å²) < 4.78 is 0. The van der Waals surface area contributed by atoms with E-state index in [1.165, 1.54) is 6.20 Å². The Morgan fingerprint density at radius 3 is 3.13 bits per heavy atom. The normalized spacial score (nSPS) is 12.4. The molecule has 1 aromatic rings. The third-order valence-corrected chi connectivity index (χ3v) is 2.66. The molecule has 0 saturated carbocycles. The van der Waals surface area contributed by atoms with E-state index in [1.807, 2.05) is 0 Å². The van der Waals surface area contributed by atoms with E-state index in [2.05, 4.69) is 22.2 Å². The molecule has 0 radical (unpaired) electrons. The topological polar surface area (TPSA) is 57.8 Å². The van der Waals surface area contributed by atoms with Crippen molar-refractivity contribution in [2.75, 3.05) is 17.7 Å². The Labute approximate surface area is 94.1 Å². The van der Waals surface area contributed by atoms with Gasteiger partial charge >= 0.3 is 0 Å². The van der Waals surface area contributed by atoms with Gasteiger partial charge in [0.2, 0.25) is 0 Å². The van der Waals surface area contributed by atoms with Crippen molar-refractivity contribution in [3.05, 3.63) is 22.7 Å². The fourth-order valence-electron chi connectivity index (χ4n) is 1.21. The van der Waals surface area contributed by atoms with Crippen LogP contribution in [0.15, 0.2) is 17.2 Å². The summed E-state index contributed by atoms with van der Waals surface area (Å²) in [5, 5.41) is 2.99. The molecule has 0 aliphatic rings. The van der Waals surface area contributed by atoms with Crippen LogP contribution in [0.25, 0.3) is 0 Å². The summed E-state index contributed by atoms with van der Waals surface area (Å²) in [5.74, 6) is 1.59. The minimum Gasteiger partial charge on any atom is -0.365 e. The largest absolute Gasteiger partial charge is 0.365 e. The molecule has 15 heavy (non-hydrogen) atoms. The van der Waals surface area contributed by atoms with Crippen molar-refractivity contribution in [3.8, 4) is 0 Å². The van der Waals surface area contributed by atoms with Gasteiger partial charge in [0.1, 0.15) is 0 Å². The van der Waals surface area contributed by atoms with E-state index in [9.17, 15) is 4.79 Å². The molecule has 0 aliphatic carbocycles. The second-order valence-corrected chi connectivity index (χ2v) is 3.90. The Bertz CT molecular complexity index is 339. The summed E-state index contributed by atoms with van der Waals surface area (Å²) in [7, 11) is 0. The van der Waals surface area contributed by atoms with Crippen LogP contribution in [0.1, 0.15) is 19.8 Å². The molecule has 1 heterocycles. The first kappa shape index (κ1) is 12.0. The molecule has 0 fully saturated rings. The second kappa shape index (κ2) is 6.45. The third kappa shape index (κ3) is 4.34. The first-order valence-corrected chi connectivity index (χ1v) is 5.61. The van der Waals surface area contributed by atoms with Gasteiger partial charge in [-0.3, -0.25) is 4.79 Å². The van der Waals surface area contributed by atoms with Crippen LogP contribution in [0.5, 0.6) is 0 Å². The van der Waals surface area contributed by atoms with Crippen LogP contribution in [0.4, 0.5) is 5.82 Å². The van der Waals surface area contributed by atoms with Crippen LogP contribution in [0.3, 0.4) is 0 Å². The molecule has 0 aliphatic heterocycles. The zero-order valence-corrected chi connectivity index (χ0v) is 9.55. The van der Waals surface area contributed by atoms with Gasteiger partial charge < -0.3 is 10.3 Å². The summed E-state index contributed by atoms with van der Waals surface area (Å²) >= 11 is 5.69. The lowest BCUT2D eigenvalue weighted by atomic mass is 10.1. The zero-order chi connectivity index (χ0) is 11.1. The molecule has 0 spiro atoms. The third-order valence-electron chi connectivity index (χ3n) is 2.14. The van der Waals surface area contributed by atoms with Crippen LogP contribution in [0, 0.1) is 5.92 Å². The van der Waals surface area contributed by atoms with Crippen molar-refractivity contribution in [2.45, 2.75) is 19.8 Å². The minimum atomic E-state index is -0.178. The standard InChI is InChI=1S/C10H16ClN3O/c1-8(7-11)3-2-4-12-9-10(15)14-6-5-13-9/h5-6,8H,2-4,7H2,1H3,(H,12,13)(H,14,15). The molecule has 0 aromatic carbocycles. The van der Waals surface area contributed by atoms with Crippen LogP contribution in [-0.2, 0) is 0 Å². The summed E-state index contributed by atoms with van der Waals surface area (Å²) in [4.78, 5) is 17.7. The number of nitrogens with zero attached hydrogens (tertiary/aromatic N) is 1. The van der Waals surface area contributed by atoms with Gasteiger partial charge in [-0.25, -0.2) is 4.98 Å². The van der Waals surface area contributed by atoms with Crippen molar-refractivity contribution in [1.29, 1.82) is 0 Å². The molecule has 2 N–H and O–H groups in total. The van der Waals surface area contributed by atoms with Crippen molar-refractivity contribution in [3.63, 3.8) is 0 Å². The van der Waals surface area contributed by atoms with Gasteiger partial charge in [-0.2, -0.15) is 0 Å². The summed E-state index contributed by atoms with van der Waals surface area (Å²) in [6, 6.07) is 0. The smallest absolute Gasteiger partial charge is 0.290 e. The lowest BCUT2D eigenvalue weighted by Crippen LogP contribution is -2.16. The molecule has 0 bridgehead atoms. The molecular formula is C10H16ClN3O. The Kier molecular flexibility index (Phi) is 5.18. The molecule has 4 nitrogen and oxygen atoms in total. The highest BCUT2D eigenvalue weighted by atomic mass is 35.5. The van der Waals surface area contributed by atoms with E-state index in [1.54, 1.807) is 6.20 Å². The number of aromatic amines is 1. The van der Waals surface area contributed by atoms with Gasteiger partial charge in [0.05, 0.1) is 0 Å². The number of alkyl halides is 1. The highest BCUT2D eigenvalue weighted by Gasteiger charge is 2.01. The number of anilines is 1. The molecular weight excluding hydrogens is 214 g/mol. The van der Waals surface area contributed by atoms with E-state index >= 15 is 0 Å². The van der Waals surface area contributed by atoms with Crippen molar-refractivity contribution in [2.24, 2.45) is 5.92 Å². The summed E-state index contributed by atoms with van der Waals surface area (Å²) in [5.41, 5.74) is -0.178. The molecule has 0 saturated heterocycles. The maximum Gasteiger partial charge on any atom is 0.290 e. The quantitative estimate of drug-likeness (QED) is 0.578. The molecule has 1 unspecified atom stereocenters. The number of aromatic nitrogens is 2. The van der Waals surface area contributed by atoms with Crippen LogP contribution >= 0.6 is 11.6 Å². The number of rotatable bonds is 6. The van der Waals surface area contributed by atoms with Crippen LogP contribution in [0.2, 0.25) is 0 Å². The highest BCUT2D eigenvalue weighted by Crippen LogP contribution is 2.06. The SMILES string of the molecule is CC(CCl)CCCNc1ncc[nH]c1=O. The summed E-state index contributed by atoms with van der Waals surface area (Å²) in [6.45, 7) is 2.86.